The van der Waals surface area contributed by atoms with Crippen LogP contribution in [0.25, 0.3) is 0 Å². The molecule has 78 valence electrons. The summed E-state index contributed by atoms with van der Waals surface area (Å²) in [5, 5.41) is 0.879. The average Bonchev–Trinajstić information content (AvgIpc) is 2.13. The molecule has 0 N–H and O–H groups in total. The van der Waals surface area contributed by atoms with Crippen LogP contribution in [0.2, 0.25) is 15.1 Å². The zero-order chi connectivity index (χ0) is 10.9. The van der Waals surface area contributed by atoms with Crippen LogP contribution in [0.15, 0.2) is 6.07 Å². The molecule has 0 aliphatic heterocycles. The maximum Gasteiger partial charge on any atom is 0.133 e. The van der Waals surface area contributed by atoms with E-state index in [0.29, 0.717) is 21.2 Å². The van der Waals surface area contributed by atoms with Gasteiger partial charge in [-0.05, 0) is 17.2 Å². The molecule has 0 atom stereocenters. The fraction of sp³-hybridized carbons (Fsp3) is 0.250. The molecular formula is C8H4Cl6. The van der Waals surface area contributed by atoms with E-state index in [1.807, 2.05) is 0 Å². The molecule has 0 fully saturated rings. The minimum Gasteiger partial charge on any atom is -0.121 e. The summed E-state index contributed by atoms with van der Waals surface area (Å²) in [6.45, 7) is 0. The monoisotopic (exact) mass is 310 g/mol. The number of alkyl halides is 3. The normalized spacial score (nSPS) is 11.1. The third-order valence-electron chi connectivity index (χ3n) is 1.67. The first-order valence-electron chi connectivity index (χ1n) is 3.49. The Balaban J connectivity index is 3.43. The molecule has 6 heteroatoms. The molecule has 0 aliphatic carbocycles. The van der Waals surface area contributed by atoms with Crippen molar-refractivity contribution in [3.63, 3.8) is 0 Å². The van der Waals surface area contributed by atoms with E-state index in [4.69, 9.17) is 69.6 Å². The van der Waals surface area contributed by atoms with E-state index >= 15 is 0 Å². The van der Waals surface area contributed by atoms with Crippen molar-refractivity contribution in [3.8, 4) is 0 Å². The highest BCUT2D eigenvalue weighted by molar-refractivity contribution is 6.49. The molecule has 0 bridgehead atoms. The molecule has 0 saturated carbocycles. The molecule has 0 radical (unpaired) electrons. The smallest absolute Gasteiger partial charge is 0.121 e. The first-order chi connectivity index (χ1) is 6.49. The Morgan fingerprint density at radius 1 is 1.07 bits per heavy atom. The first kappa shape index (κ1) is 13.0. The highest BCUT2D eigenvalue weighted by atomic mass is 35.5. The maximum atomic E-state index is 5.93. The molecule has 1 rings (SSSR count). The minimum absolute atomic E-state index is 0.182. The lowest BCUT2D eigenvalue weighted by Crippen LogP contribution is -1.93. The lowest BCUT2D eigenvalue weighted by atomic mass is 10.1. The van der Waals surface area contributed by atoms with Crippen LogP contribution in [0, 0.1) is 0 Å². The Morgan fingerprint density at radius 2 is 1.64 bits per heavy atom. The lowest BCUT2D eigenvalue weighted by Gasteiger charge is -2.12. The Bertz CT molecular complexity index is 346. The standard InChI is InChI=1S/C8H4Cl6/c9-2-4-3(8(13)14)1-5(10)7(12)6(4)11/h1,8H,2H2. The van der Waals surface area contributed by atoms with Gasteiger partial charge in [0.1, 0.15) is 4.84 Å². The number of halogens is 6. The summed E-state index contributed by atoms with van der Waals surface area (Å²) in [6, 6.07) is 1.57. The van der Waals surface area contributed by atoms with Crippen LogP contribution < -0.4 is 0 Å². The zero-order valence-electron chi connectivity index (χ0n) is 6.63. The van der Waals surface area contributed by atoms with E-state index in [0.717, 1.165) is 0 Å². The summed E-state index contributed by atoms with van der Waals surface area (Å²) >= 11 is 34.7. The van der Waals surface area contributed by atoms with Gasteiger partial charge in [-0.15, -0.1) is 34.8 Å². The summed E-state index contributed by atoms with van der Waals surface area (Å²) in [4.78, 5) is -0.726. The summed E-state index contributed by atoms with van der Waals surface area (Å²) in [6.07, 6.45) is 0. The fourth-order valence-corrected chi connectivity index (χ4v) is 2.43. The zero-order valence-corrected chi connectivity index (χ0v) is 11.2. The number of rotatable bonds is 2. The maximum absolute atomic E-state index is 5.93. The topological polar surface area (TPSA) is 0 Å². The lowest BCUT2D eigenvalue weighted by molar-refractivity contribution is 1.24. The van der Waals surface area contributed by atoms with Gasteiger partial charge in [0.05, 0.1) is 15.1 Å². The van der Waals surface area contributed by atoms with Crippen molar-refractivity contribution in [3.05, 3.63) is 32.3 Å². The van der Waals surface area contributed by atoms with Gasteiger partial charge in [-0.25, -0.2) is 0 Å². The van der Waals surface area contributed by atoms with E-state index in [2.05, 4.69) is 0 Å². The van der Waals surface area contributed by atoms with Crippen LogP contribution in [0.5, 0.6) is 0 Å². The van der Waals surface area contributed by atoms with E-state index < -0.39 is 4.84 Å². The Hall–Kier alpha value is 0.960. The Labute approximate surface area is 112 Å². The van der Waals surface area contributed by atoms with Gasteiger partial charge in [0, 0.05) is 5.88 Å². The summed E-state index contributed by atoms with van der Waals surface area (Å²) in [7, 11) is 0. The van der Waals surface area contributed by atoms with E-state index in [-0.39, 0.29) is 10.9 Å². The summed E-state index contributed by atoms with van der Waals surface area (Å²) in [5.74, 6) is 0.182. The minimum atomic E-state index is -0.726. The molecule has 0 saturated heterocycles. The number of hydrogen-bond acceptors (Lipinski definition) is 0. The summed E-state index contributed by atoms with van der Waals surface area (Å²) < 4.78 is 0. The van der Waals surface area contributed by atoms with Gasteiger partial charge in [-0.2, -0.15) is 0 Å². The molecule has 0 unspecified atom stereocenters. The number of hydrogen-bond donors (Lipinski definition) is 0. The molecule has 0 heterocycles. The van der Waals surface area contributed by atoms with Crippen molar-refractivity contribution in [1.29, 1.82) is 0 Å². The van der Waals surface area contributed by atoms with Crippen LogP contribution in [-0.2, 0) is 5.88 Å². The van der Waals surface area contributed by atoms with Crippen molar-refractivity contribution in [2.45, 2.75) is 10.7 Å². The Kier molecular flexibility index (Phi) is 4.97. The van der Waals surface area contributed by atoms with Crippen molar-refractivity contribution >= 4 is 69.6 Å². The van der Waals surface area contributed by atoms with Crippen molar-refractivity contribution < 1.29 is 0 Å². The van der Waals surface area contributed by atoms with Crippen molar-refractivity contribution in [2.75, 3.05) is 0 Å². The largest absolute Gasteiger partial charge is 0.133 e. The SMILES string of the molecule is ClCc1c(C(Cl)Cl)cc(Cl)c(Cl)c1Cl. The molecule has 0 amide bonds. The van der Waals surface area contributed by atoms with Gasteiger partial charge in [0.25, 0.3) is 0 Å². The predicted octanol–water partition coefficient (Wildman–Crippen LogP) is 5.86. The van der Waals surface area contributed by atoms with Gasteiger partial charge in [0.2, 0.25) is 0 Å². The second-order valence-electron chi connectivity index (χ2n) is 2.49. The third-order valence-corrected chi connectivity index (χ3v) is 3.71. The van der Waals surface area contributed by atoms with Gasteiger partial charge in [0.15, 0.2) is 0 Å². The van der Waals surface area contributed by atoms with Gasteiger partial charge in [-0.1, -0.05) is 34.8 Å². The van der Waals surface area contributed by atoms with Gasteiger partial charge >= 0.3 is 0 Å². The average molecular weight is 313 g/mol. The van der Waals surface area contributed by atoms with Crippen LogP contribution in [-0.4, -0.2) is 0 Å². The molecule has 0 aliphatic rings. The van der Waals surface area contributed by atoms with Crippen molar-refractivity contribution in [1.82, 2.24) is 0 Å². The van der Waals surface area contributed by atoms with Crippen LogP contribution in [0.3, 0.4) is 0 Å². The second-order valence-corrected chi connectivity index (χ2v) is 5.02. The quantitative estimate of drug-likeness (QED) is 0.474. The van der Waals surface area contributed by atoms with Gasteiger partial charge < -0.3 is 0 Å². The molecule has 0 spiro atoms. The molecule has 0 nitrogen and oxygen atoms in total. The third kappa shape index (κ3) is 2.55. The fourth-order valence-electron chi connectivity index (χ4n) is 0.982. The van der Waals surface area contributed by atoms with E-state index in [1.165, 1.54) is 0 Å². The van der Waals surface area contributed by atoms with Crippen LogP contribution in [0.1, 0.15) is 16.0 Å². The first-order valence-corrected chi connectivity index (χ1v) is 6.03. The molecule has 0 aromatic heterocycles. The summed E-state index contributed by atoms with van der Waals surface area (Å²) in [5.41, 5.74) is 1.19. The van der Waals surface area contributed by atoms with Crippen LogP contribution >= 0.6 is 69.6 Å². The number of benzene rings is 1. The van der Waals surface area contributed by atoms with Crippen molar-refractivity contribution in [2.24, 2.45) is 0 Å². The Morgan fingerprint density at radius 3 is 2.07 bits per heavy atom. The highest BCUT2D eigenvalue weighted by Crippen LogP contribution is 2.40. The molecule has 1 aromatic rings. The van der Waals surface area contributed by atoms with Gasteiger partial charge in [-0.3, -0.25) is 0 Å². The second kappa shape index (κ2) is 5.34. The molecule has 14 heavy (non-hydrogen) atoms. The highest BCUT2D eigenvalue weighted by Gasteiger charge is 2.17. The van der Waals surface area contributed by atoms with E-state index in [9.17, 15) is 0 Å². The van der Waals surface area contributed by atoms with E-state index in [1.54, 1.807) is 6.07 Å². The molecule has 1 aromatic carbocycles. The van der Waals surface area contributed by atoms with Crippen LogP contribution in [0.4, 0.5) is 0 Å². The predicted molar refractivity (Wildman–Crippen MR) is 65.5 cm³/mol. The molecular weight excluding hydrogens is 309 g/mol.